The van der Waals surface area contributed by atoms with Gasteiger partial charge in [-0.3, -0.25) is 4.79 Å². The van der Waals surface area contributed by atoms with Crippen LogP contribution < -0.4 is 5.32 Å². The minimum atomic E-state index is -4.44. The first-order chi connectivity index (χ1) is 10.3. The lowest BCUT2D eigenvalue weighted by atomic mass is 10.2. The lowest BCUT2D eigenvalue weighted by molar-refractivity contribution is -0.137. The number of aromatic nitrogens is 2. The second-order valence-electron chi connectivity index (χ2n) is 4.33. The van der Waals surface area contributed by atoms with Crippen LogP contribution in [0.3, 0.4) is 0 Å². The summed E-state index contributed by atoms with van der Waals surface area (Å²) in [6, 6.07) is 9.00. The van der Waals surface area contributed by atoms with Gasteiger partial charge in [-0.1, -0.05) is 30.0 Å². The van der Waals surface area contributed by atoms with Crippen LogP contribution in [0.2, 0.25) is 0 Å². The summed E-state index contributed by atoms with van der Waals surface area (Å²) in [5.41, 5.74) is 0.719. The van der Waals surface area contributed by atoms with E-state index in [2.05, 4.69) is 10.2 Å². The lowest BCUT2D eigenvalue weighted by Gasteiger charge is -2.11. The fourth-order valence-electron chi connectivity index (χ4n) is 1.49. The largest absolute Gasteiger partial charge is 0.411 e. The topological polar surface area (TPSA) is 68.0 Å². The van der Waals surface area contributed by atoms with Gasteiger partial charge in [-0.2, -0.15) is 13.2 Å². The highest BCUT2D eigenvalue weighted by Gasteiger charge is 2.29. The summed E-state index contributed by atoms with van der Waals surface area (Å²) in [7, 11) is 0. The van der Waals surface area contributed by atoms with E-state index in [0.717, 1.165) is 17.3 Å². The lowest BCUT2D eigenvalue weighted by Crippen LogP contribution is -2.37. The highest BCUT2D eigenvalue weighted by Crippen LogP contribution is 2.26. The van der Waals surface area contributed by atoms with Gasteiger partial charge >= 0.3 is 6.18 Å². The van der Waals surface area contributed by atoms with Crippen molar-refractivity contribution < 1.29 is 22.4 Å². The van der Waals surface area contributed by atoms with E-state index in [1.165, 1.54) is 6.92 Å². The number of rotatable bonds is 5. The van der Waals surface area contributed by atoms with Gasteiger partial charge in [0.2, 0.25) is 11.8 Å². The van der Waals surface area contributed by atoms with E-state index >= 15 is 0 Å². The molecule has 22 heavy (non-hydrogen) atoms. The number of benzene rings is 1. The minimum Gasteiger partial charge on any atom is -0.411 e. The molecule has 0 saturated heterocycles. The quantitative estimate of drug-likeness (QED) is 0.853. The summed E-state index contributed by atoms with van der Waals surface area (Å²) in [4.78, 5) is 11.5. The molecule has 1 aromatic heterocycles. The smallest absolute Gasteiger partial charge is 0.405 e. The number of amides is 1. The number of hydrogen-bond acceptors (Lipinski definition) is 5. The van der Waals surface area contributed by atoms with Crippen molar-refractivity contribution in [2.45, 2.75) is 23.6 Å². The molecule has 5 nitrogen and oxygen atoms in total. The third-order valence-electron chi connectivity index (χ3n) is 2.54. The van der Waals surface area contributed by atoms with Crippen LogP contribution in [0.15, 0.2) is 40.0 Å². The molecule has 1 N–H and O–H groups in total. The molecule has 0 bridgehead atoms. The normalized spacial score (nSPS) is 12.9. The Bertz CT molecular complexity index is 631. The molecule has 2 rings (SSSR count). The van der Waals surface area contributed by atoms with Gasteiger partial charge in [-0.05, 0) is 19.1 Å². The van der Waals surface area contributed by atoms with E-state index in [0.29, 0.717) is 0 Å². The van der Waals surface area contributed by atoms with Crippen LogP contribution in [0.1, 0.15) is 6.92 Å². The van der Waals surface area contributed by atoms with Gasteiger partial charge in [0.1, 0.15) is 6.54 Å². The summed E-state index contributed by atoms with van der Waals surface area (Å²) < 4.78 is 41.5. The molecule has 0 aliphatic heterocycles. The Morgan fingerprint density at radius 2 is 2.00 bits per heavy atom. The van der Waals surface area contributed by atoms with Crippen molar-refractivity contribution in [3.8, 4) is 11.5 Å². The van der Waals surface area contributed by atoms with Crippen molar-refractivity contribution in [1.29, 1.82) is 0 Å². The SMILES string of the molecule is CC(Sc1nnc(-c2ccccc2)o1)C(=O)NCC(F)(F)F. The predicted molar refractivity (Wildman–Crippen MR) is 74.1 cm³/mol. The van der Waals surface area contributed by atoms with Crippen molar-refractivity contribution in [3.63, 3.8) is 0 Å². The number of hydrogen-bond donors (Lipinski definition) is 1. The zero-order valence-electron chi connectivity index (χ0n) is 11.4. The van der Waals surface area contributed by atoms with Gasteiger partial charge < -0.3 is 9.73 Å². The molecule has 0 fully saturated rings. The Morgan fingerprint density at radius 3 is 2.64 bits per heavy atom. The Labute approximate surface area is 128 Å². The van der Waals surface area contributed by atoms with E-state index in [1.54, 1.807) is 29.6 Å². The Morgan fingerprint density at radius 1 is 1.32 bits per heavy atom. The van der Waals surface area contributed by atoms with Gasteiger partial charge in [0.25, 0.3) is 5.22 Å². The highest BCUT2D eigenvalue weighted by molar-refractivity contribution is 8.00. The zero-order chi connectivity index (χ0) is 16.2. The number of carbonyl (C=O) groups excluding carboxylic acids is 1. The molecule has 118 valence electrons. The fourth-order valence-corrected chi connectivity index (χ4v) is 2.20. The second kappa shape index (κ2) is 6.82. The fraction of sp³-hybridized carbons (Fsp3) is 0.308. The molecule has 1 heterocycles. The van der Waals surface area contributed by atoms with E-state index in [4.69, 9.17) is 4.42 Å². The number of alkyl halides is 3. The molecule has 9 heteroatoms. The Balaban J connectivity index is 1.94. The monoisotopic (exact) mass is 331 g/mol. The molecule has 1 amide bonds. The molecule has 0 saturated carbocycles. The van der Waals surface area contributed by atoms with Gasteiger partial charge in [-0.15, -0.1) is 10.2 Å². The molecular weight excluding hydrogens is 319 g/mol. The molecular formula is C13H12F3N3O2S. The van der Waals surface area contributed by atoms with Crippen LogP contribution in [0.4, 0.5) is 13.2 Å². The second-order valence-corrected chi connectivity index (χ2v) is 5.62. The number of nitrogens with one attached hydrogen (secondary N) is 1. The van der Waals surface area contributed by atoms with Crippen molar-refractivity contribution in [3.05, 3.63) is 30.3 Å². The summed E-state index contributed by atoms with van der Waals surface area (Å²) >= 11 is 0.898. The average Bonchev–Trinajstić information content (AvgIpc) is 2.93. The molecule has 0 spiro atoms. The van der Waals surface area contributed by atoms with Gasteiger partial charge in [-0.25, -0.2) is 0 Å². The first kappa shape index (κ1) is 16.3. The summed E-state index contributed by atoms with van der Waals surface area (Å²) in [6.07, 6.45) is -4.44. The van der Waals surface area contributed by atoms with Crippen molar-refractivity contribution >= 4 is 17.7 Å². The molecule has 2 aromatic rings. The minimum absolute atomic E-state index is 0.119. The number of halogens is 3. The number of nitrogens with zero attached hydrogens (tertiary/aromatic N) is 2. The van der Waals surface area contributed by atoms with Crippen LogP contribution in [0.25, 0.3) is 11.5 Å². The Hall–Kier alpha value is -2.03. The van der Waals surface area contributed by atoms with Crippen LogP contribution in [-0.4, -0.2) is 34.1 Å². The summed E-state index contributed by atoms with van der Waals surface area (Å²) in [6.45, 7) is 0.0958. The third-order valence-corrected chi connectivity index (χ3v) is 3.47. The van der Waals surface area contributed by atoms with Crippen LogP contribution in [-0.2, 0) is 4.79 Å². The van der Waals surface area contributed by atoms with E-state index < -0.39 is 23.9 Å². The van der Waals surface area contributed by atoms with Crippen LogP contribution >= 0.6 is 11.8 Å². The van der Waals surface area contributed by atoms with E-state index in [-0.39, 0.29) is 11.1 Å². The summed E-state index contributed by atoms with van der Waals surface area (Å²) in [5.74, 6) is -0.465. The maximum atomic E-state index is 12.0. The average molecular weight is 331 g/mol. The first-order valence-corrected chi connectivity index (χ1v) is 7.13. The standard InChI is InChI=1S/C13H12F3N3O2S/c1-8(10(20)17-7-13(14,15)16)22-12-19-18-11(21-12)9-5-3-2-4-6-9/h2-6,8H,7H2,1H3,(H,17,20). The molecule has 0 aliphatic carbocycles. The molecule has 0 aliphatic rings. The first-order valence-electron chi connectivity index (χ1n) is 6.25. The van der Waals surface area contributed by atoms with Gasteiger partial charge in [0, 0.05) is 5.56 Å². The van der Waals surface area contributed by atoms with Gasteiger partial charge in [0.15, 0.2) is 0 Å². The third kappa shape index (κ3) is 4.76. The number of carbonyl (C=O) groups is 1. The van der Waals surface area contributed by atoms with Gasteiger partial charge in [0.05, 0.1) is 5.25 Å². The maximum absolute atomic E-state index is 12.0. The summed E-state index contributed by atoms with van der Waals surface area (Å²) in [5, 5.41) is 8.74. The molecule has 1 unspecified atom stereocenters. The number of thioether (sulfide) groups is 1. The van der Waals surface area contributed by atoms with Crippen molar-refractivity contribution in [1.82, 2.24) is 15.5 Å². The highest BCUT2D eigenvalue weighted by atomic mass is 32.2. The zero-order valence-corrected chi connectivity index (χ0v) is 12.2. The maximum Gasteiger partial charge on any atom is 0.405 e. The predicted octanol–water partition coefficient (Wildman–Crippen LogP) is 2.90. The van der Waals surface area contributed by atoms with E-state index in [1.807, 2.05) is 6.07 Å². The molecule has 1 aromatic carbocycles. The van der Waals surface area contributed by atoms with Crippen molar-refractivity contribution in [2.24, 2.45) is 0 Å². The van der Waals surface area contributed by atoms with Crippen LogP contribution in [0, 0.1) is 0 Å². The molecule has 1 atom stereocenters. The Kier molecular flexibility index (Phi) is 5.07. The molecule has 0 radical (unpaired) electrons. The van der Waals surface area contributed by atoms with E-state index in [9.17, 15) is 18.0 Å². The van der Waals surface area contributed by atoms with Crippen LogP contribution in [0.5, 0.6) is 0 Å². The van der Waals surface area contributed by atoms with Crippen molar-refractivity contribution in [2.75, 3.05) is 6.54 Å².